The molecule has 3 aromatic rings. The Morgan fingerprint density at radius 3 is 2.38 bits per heavy atom. The third-order valence-corrected chi connectivity index (χ3v) is 6.84. The number of nitriles is 1. The topological polar surface area (TPSA) is 109 Å². The second kappa shape index (κ2) is 11.2. The van der Waals surface area contributed by atoms with Crippen LogP contribution in [-0.2, 0) is 21.2 Å². The first kappa shape index (κ1) is 24.6. The van der Waals surface area contributed by atoms with Gasteiger partial charge in [-0.1, -0.05) is 30.3 Å². The van der Waals surface area contributed by atoms with Gasteiger partial charge < -0.3 is 14.8 Å². The van der Waals surface area contributed by atoms with E-state index in [9.17, 15) is 13.2 Å². The van der Waals surface area contributed by atoms with Crippen LogP contribution in [0.4, 0.5) is 11.4 Å². The highest BCUT2D eigenvalue weighted by Gasteiger charge is 2.25. The summed E-state index contributed by atoms with van der Waals surface area (Å²) >= 11 is 0. The molecule has 0 saturated heterocycles. The Labute approximate surface area is 199 Å². The van der Waals surface area contributed by atoms with Gasteiger partial charge in [-0.2, -0.15) is 5.26 Å². The number of benzene rings is 3. The largest absolute Gasteiger partial charge is 0.495 e. The molecule has 0 saturated carbocycles. The molecule has 0 heterocycles. The van der Waals surface area contributed by atoms with Crippen LogP contribution in [0.15, 0.2) is 77.7 Å². The van der Waals surface area contributed by atoms with E-state index in [1.54, 1.807) is 55.5 Å². The molecule has 1 amide bonds. The molecule has 34 heavy (non-hydrogen) atoms. The number of methoxy groups -OCH3 is 1. The summed E-state index contributed by atoms with van der Waals surface area (Å²) in [5.74, 6) is 0.307. The Balaban J connectivity index is 1.77. The summed E-state index contributed by atoms with van der Waals surface area (Å²) in [6, 6.07) is 22.0. The van der Waals surface area contributed by atoms with Gasteiger partial charge in [0, 0.05) is 6.54 Å². The third-order valence-electron chi connectivity index (χ3n) is 4.94. The predicted octanol–water partition coefficient (Wildman–Crippen LogP) is 3.99. The maximum Gasteiger partial charge on any atom is 0.264 e. The zero-order valence-electron chi connectivity index (χ0n) is 18.9. The van der Waals surface area contributed by atoms with Crippen LogP contribution >= 0.6 is 0 Å². The lowest BCUT2D eigenvalue weighted by Gasteiger charge is -2.23. The van der Waals surface area contributed by atoms with Gasteiger partial charge in [-0.05, 0) is 55.0 Å². The minimum absolute atomic E-state index is 0.0169. The van der Waals surface area contributed by atoms with Gasteiger partial charge in [0.2, 0.25) is 0 Å². The summed E-state index contributed by atoms with van der Waals surface area (Å²) in [6.45, 7) is 1.70. The summed E-state index contributed by atoms with van der Waals surface area (Å²) in [4.78, 5) is 12.5. The highest BCUT2D eigenvalue weighted by Crippen LogP contribution is 2.30. The molecule has 0 radical (unpaired) electrons. The Kier molecular flexibility index (Phi) is 8.11. The zero-order valence-corrected chi connectivity index (χ0v) is 19.7. The number of hydrogen-bond acceptors (Lipinski definition) is 6. The summed E-state index contributed by atoms with van der Waals surface area (Å²) in [6.07, 6.45) is 0.291. The Bertz CT molecular complexity index is 1270. The molecular formula is C25H25N3O5S. The van der Waals surface area contributed by atoms with Crippen molar-refractivity contribution >= 4 is 27.3 Å². The molecule has 0 fully saturated rings. The van der Waals surface area contributed by atoms with Gasteiger partial charge in [-0.3, -0.25) is 9.10 Å². The molecule has 0 bridgehead atoms. The molecule has 8 nitrogen and oxygen atoms in total. The number of ether oxygens (including phenoxy) is 2. The minimum Gasteiger partial charge on any atom is -0.495 e. The maximum absolute atomic E-state index is 13.3. The van der Waals surface area contributed by atoms with Gasteiger partial charge in [0.1, 0.15) is 11.5 Å². The fourth-order valence-corrected chi connectivity index (χ4v) is 4.79. The second-order valence-electron chi connectivity index (χ2n) is 7.18. The van der Waals surface area contributed by atoms with Crippen LogP contribution in [0.25, 0.3) is 0 Å². The Hall–Kier alpha value is -4.03. The van der Waals surface area contributed by atoms with Gasteiger partial charge in [0.05, 0.1) is 35.9 Å². The molecule has 0 atom stereocenters. The molecule has 3 aromatic carbocycles. The van der Waals surface area contributed by atoms with Gasteiger partial charge in [0.25, 0.3) is 15.9 Å². The van der Waals surface area contributed by atoms with E-state index in [1.807, 2.05) is 6.07 Å². The highest BCUT2D eigenvalue weighted by molar-refractivity contribution is 7.92. The van der Waals surface area contributed by atoms with E-state index in [4.69, 9.17) is 14.7 Å². The second-order valence-corrected chi connectivity index (χ2v) is 9.05. The van der Waals surface area contributed by atoms with Gasteiger partial charge >= 0.3 is 0 Å². The van der Waals surface area contributed by atoms with Crippen LogP contribution < -0.4 is 19.1 Å². The van der Waals surface area contributed by atoms with E-state index in [2.05, 4.69) is 11.4 Å². The van der Waals surface area contributed by atoms with Crippen molar-refractivity contribution < 1.29 is 22.7 Å². The van der Waals surface area contributed by atoms with E-state index < -0.39 is 15.9 Å². The molecule has 0 aromatic heterocycles. The number of carbonyl (C=O) groups excluding carboxylic acids is 1. The smallest absolute Gasteiger partial charge is 0.264 e. The first-order valence-electron chi connectivity index (χ1n) is 10.5. The van der Waals surface area contributed by atoms with Crippen molar-refractivity contribution in [2.24, 2.45) is 0 Å². The van der Waals surface area contributed by atoms with Crippen LogP contribution in [0.1, 0.15) is 12.5 Å². The monoisotopic (exact) mass is 479 g/mol. The summed E-state index contributed by atoms with van der Waals surface area (Å²) < 4.78 is 38.7. The standard InChI is InChI=1S/C25H25N3O5S/c1-3-28(20-7-5-4-6-8-20)34(30,31)22-13-14-24(32-2)23(17-22)27-25(29)18-33-21-11-9-19(10-12-21)15-16-26/h4-14,17H,3,15,18H2,1-2H3,(H,27,29). The normalized spacial score (nSPS) is 10.7. The predicted molar refractivity (Wildman–Crippen MR) is 130 cm³/mol. The Morgan fingerprint density at radius 1 is 1.06 bits per heavy atom. The first-order valence-corrected chi connectivity index (χ1v) is 12.0. The number of para-hydroxylation sites is 1. The number of carbonyl (C=O) groups is 1. The van der Waals surface area contributed by atoms with E-state index in [0.717, 1.165) is 5.56 Å². The lowest BCUT2D eigenvalue weighted by Crippen LogP contribution is -2.30. The lowest BCUT2D eigenvalue weighted by atomic mass is 10.2. The average molecular weight is 480 g/mol. The van der Waals surface area contributed by atoms with E-state index in [0.29, 0.717) is 23.6 Å². The molecule has 0 aliphatic carbocycles. The number of rotatable bonds is 10. The summed E-state index contributed by atoms with van der Waals surface area (Å²) in [7, 11) is -2.45. The molecular weight excluding hydrogens is 454 g/mol. The molecule has 0 spiro atoms. The van der Waals surface area contributed by atoms with Crippen molar-refractivity contribution in [3.63, 3.8) is 0 Å². The van der Waals surface area contributed by atoms with Crippen LogP contribution in [0.3, 0.4) is 0 Å². The van der Waals surface area contributed by atoms with E-state index >= 15 is 0 Å². The number of nitrogens with one attached hydrogen (secondary N) is 1. The van der Waals surface area contributed by atoms with Crippen molar-refractivity contribution in [2.45, 2.75) is 18.2 Å². The number of anilines is 2. The fourth-order valence-electron chi connectivity index (χ4n) is 3.29. The molecule has 1 N–H and O–H groups in total. The minimum atomic E-state index is -3.88. The van der Waals surface area contributed by atoms with Gasteiger partial charge in [-0.15, -0.1) is 0 Å². The molecule has 0 unspecified atom stereocenters. The molecule has 9 heteroatoms. The SMILES string of the molecule is CCN(c1ccccc1)S(=O)(=O)c1ccc(OC)c(NC(=O)COc2ccc(CC#N)cc2)c1. The molecule has 0 aliphatic heterocycles. The van der Waals surface area contributed by atoms with Gasteiger partial charge in [-0.25, -0.2) is 8.42 Å². The number of nitrogens with zero attached hydrogens (tertiary/aromatic N) is 2. The Morgan fingerprint density at radius 2 is 1.76 bits per heavy atom. The zero-order chi connectivity index (χ0) is 24.6. The molecule has 176 valence electrons. The van der Waals surface area contributed by atoms with Crippen LogP contribution in [0, 0.1) is 11.3 Å². The highest BCUT2D eigenvalue weighted by atomic mass is 32.2. The number of hydrogen-bond donors (Lipinski definition) is 1. The van der Waals surface area contributed by atoms with Gasteiger partial charge in [0.15, 0.2) is 6.61 Å². The quantitative estimate of drug-likeness (QED) is 0.471. The molecule has 3 rings (SSSR count). The van der Waals surface area contributed by atoms with E-state index in [1.165, 1.54) is 29.6 Å². The number of amides is 1. The maximum atomic E-state index is 13.3. The lowest BCUT2D eigenvalue weighted by molar-refractivity contribution is -0.118. The van der Waals surface area contributed by atoms with Crippen molar-refractivity contribution in [2.75, 3.05) is 29.9 Å². The average Bonchev–Trinajstić information content (AvgIpc) is 2.84. The van der Waals surface area contributed by atoms with Crippen molar-refractivity contribution in [1.82, 2.24) is 0 Å². The van der Waals surface area contributed by atoms with Crippen LogP contribution in [0.2, 0.25) is 0 Å². The van der Waals surface area contributed by atoms with Crippen molar-refractivity contribution in [1.29, 1.82) is 5.26 Å². The van der Waals surface area contributed by atoms with Crippen molar-refractivity contribution in [3.05, 3.63) is 78.4 Å². The summed E-state index contributed by atoms with van der Waals surface area (Å²) in [5.41, 5.74) is 1.60. The van der Waals surface area contributed by atoms with Crippen molar-refractivity contribution in [3.8, 4) is 17.6 Å². The third kappa shape index (κ3) is 5.85. The summed E-state index contributed by atoms with van der Waals surface area (Å²) in [5, 5.41) is 11.4. The number of sulfonamides is 1. The molecule has 0 aliphatic rings. The van der Waals surface area contributed by atoms with Crippen LogP contribution in [-0.4, -0.2) is 34.6 Å². The fraction of sp³-hybridized carbons (Fsp3) is 0.200. The van der Waals surface area contributed by atoms with Crippen LogP contribution in [0.5, 0.6) is 11.5 Å². The first-order chi connectivity index (χ1) is 16.4. The van der Waals surface area contributed by atoms with E-state index in [-0.39, 0.29) is 23.7 Å².